The monoisotopic (exact) mass is 686 g/mol. The van der Waals surface area contributed by atoms with Crippen molar-refractivity contribution in [1.82, 2.24) is 31.5 Å². The second-order valence-electron chi connectivity index (χ2n) is 12.5. The second-order valence-corrected chi connectivity index (χ2v) is 12.5. The number of hydrogen-bond acceptors (Lipinski definition) is 9. The maximum absolute atomic E-state index is 12.9. The number of hydrogen-bond donors (Lipinski definition) is 5. The number of likely N-dealkylation sites (tertiary alicyclic amines) is 1. The largest absolute Gasteiger partial charge is 0.353 e. The van der Waals surface area contributed by atoms with E-state index in [0.29, 0.717) is 25.8 Å². The summed E-state index contributed by atoms with van der Waals surface area (Å²) in [5.41, 5.74) is 0.750. The Bertz CT molecular complexity index is 1320. The summed E-state index contributed by atoms with van der Waals surface area (Å²) in [6.45, 7) is 6.09. The Kier molecular flexibility index (Phi) is 17.6. The van der Waals surface area contributed by atoms with Gasteiger partial charge in [-0.1, -0.05) is 64.4 Å². The Morgan fingerprint density at radius 2 is 1.43 bits per heavy atom. The minimum absolute atomic E-state index is 0.105. The number of Topliss-reactive ketones (excluding diaryl/α,β-unsaturated/α-hetero) is 1. The van der Waals surface area contributed by atoms with Gasteiger partial charge in [0, 0.05) is 37.6 Å². The minimum Gasteiger partial charge on any atom is -0.353 e. The number of ether oxygens (including phenoxy) is 1. The molecule has 0 aromatic heterocycles. The van der Waals surface area contributed by atoms with E-state index in [1.165, 1.54) is 4.90 Å². The number of benzene rings is 1. The van der Waals surface area contributed by atoms with E-state index in [4.69, 9.17) is 4.74 Å². The highest BCUT2D eigenvalue weighted by Gasteiger charge is 2.39. The standard InChI is InChI=1S/C34H50N6O9/c1-22(2)25-16-32(46)40(34(25)48)14-10-6-9-13-28(42)35-17-29(43)36-19-31(45)39-26(15-24-11-7-5-8-12-24)33(47)37-18-30(44)38-21-49-20-27(41)23(3)4/h5,7-8,11-12,22-23,25-26H,6,9-10,13-21H2,1-4H3,(H,35,42)(H,36,43)(H,37,47)(H,38,44)(H,39,45)/t25?,26-/m0/s1. The molecule has 1 unspecified atom stereocenters. The lowest BCUT2D eigenvalue weighted by Gasteiger charge is -2.19. The third-order valence-corrected chi connectivity index (χ3v) is 7.88. The molecule has 1 aliphatic heterocycles. The van der Waals surface area contributed by atoms with Crippen molar-refractivity contribution >= 4 is 47.1 Å². The Labute approximate surface area is 287 Å². The predicted octanol–water partition coefficient (Wildman–Crippen LogP) is -0.0306. The van der Waals surface area contributed by atoms with Crippen LogP contribution in [-0.4, -0.2) is 97.6 Å². The summed E-state index contributed by atoms with van der Waals surface area (Å²) >= 11 is 0. The number of unbranched alkanes of at least 4 members (excludes halogenated alkanes) is 2. The SMILES string of the molecule is CC(C)C(=O)COCNC(=O)CNC(=O)[C@H](Cc1ccccc1)NC(=O)CNC(=O)CNC(=O)CCCCCN1C(=O)CC(C(C)C)C1=O. The van der Waals surface area contributed by atoms with E-state index in [1.54, 1.807) is 44.2 Å². The highest BCUT2D eigenvalue weighted by atomic mass is 16.5. The molecule has 7 amide bonds. The van der Waals surface area contributed by atoms with Gasteiger partial charge >= 0.3 is 0 Å². The number of imide groups is 1. The van der Waals surface area contributed by atoms with Crippen LogP contribution in [0.5, 0.6) is 0 Å². The van der Waals surface area contributed by atoms with Crippen LogP contribution < -0.4 is 26.6 Å². The molecular formula is C34H50N6O9. The van der Waals surface area contributed by atoms with Gasteiger partial charge in [0.05, 0.1) is 19.6 Å². The van der Waals surface area contributed by atoms with E-state index in [9.17, 15) is 38.4 Å². The van der Waals surface area contributed by atoms with Crippen molar-refractivity contribution in [3.63, 3.8) is 0 Å². The first-order valence-electron chi connectivity index (χ1n) is 16.6. The Morgan fingerprint density at radius 3 is 2.08 bits per heavy atom. The van der Waals surface area contributed by atoms with Crippen molar-refractivity contribution < 1.29 is 43.1 Å². The molecule has 15 heteroatoms. The number of rotatable bonds is 22. The van der Waals surface area contributed by atoms with Crippen LogP contribution in [0.1, 0.15) is 65.4 Å². The van der Waals surface area contributed by atoms with E-state index in [0.717, 1.165) is 5.56 Å². The molecule has 2 rings (SSSR count). The summed E-state index contributed by atoms with van der Waals surface area (Å²) in [6.07, 6.45) is 2.24. The van der Waals surface area contributed by atoms with E-state index in [1.807, 2.05) is 13.8 Å². The van der Waals surface area contributed by atoms with Gasteiger partial charge in [0.1, 0.15) is 19.4 Å². The number of nitrogens with zero attached hydrogens (tertiary/aromatic N) is 1. The van der Waals surface area contributed by atoms with Crippen molar-refractivity contribution in [2.24, 2.45) is 17.8 Å². The van der Waals surface area contributed by atoms with Crippen LogP contribution in [0, 0.1) is 17.8 Å². The molecule has 1 aromatic rings. The van der Waals surface area contributed by atoms with Crippen molar-refractivity contribution in [3.05, 3.63) is 35.9 Å². The number of nitrogens with one attached hydrogen (secondary N) is 5. The summed E-state index contributed by atoms with van der Waals surface area (Å²) in [7, 11) is 0. The maximum Gasteiger partial charge on any atom is 0.243 e. The number of carbonyl (C=O) groups is 8. The minimum atomic E-state index is -1.06. The molecule has 0 spiro atoms. The van der Waals surface area contributed by atoms with Crippen LogP contribution in [0.15, 0.2) is 30.3 Å². The molecule has 1 saturated heterocycles. The topological polar surface area (TPSA) is 209 Å². The van der Waals surface area contributed by atoms with Gasteiger partial charge in [-0.2, -0.15) is 0 Å². The zero-order valence-electron chi connectivity index (χ0n) is 28.8. The lowest BCUT2D eigenvalue weighted by Crippen LogP contribution is -2.52. The van der Waals surface area contributed by atoms with Crippen LogP contribution in [-0.2, 0) is 49.5 Å². The highest BCUT2D eigenvalue weighted by molar-refractivity contribution is 6.03. The fraction of sp³-hybridized carbons (Fsp3) is 0.588. The molecule has 15 nitrogen and oxygen atoms in total. The third kappa shape index (κ3) is 15.4. The Morgan fingerprint density at radius 1 is 0.796 bits per heavy atom. The van der Waals surface area contributed by atoms with Crippen molar-refractivity contribution in [1.29, 1.82) is 0 Å². The van der Waals surface area contributed by atoms with Gasteiger partial charge in [-0.05, 0) is 24.3 Å². The molecule has 1 aromatic carbocycles. The number of amides is 7. The molecular weight excluding hydrogens is 636 g/mol. The summed E-state index contributed by atoms with van der Waals surface area (Å²) in [4.78, 5) is 99.5. The highest BCUT2D eigenvalue weighted by Crippen LogP contribution is 2.26. The molecule has 0 radical (unpaired) electrons. The van der Waals surface area contributed by atoms with Gasteiger partial charge in [0.25, 0.3) is 0 Å². The molecule has 5 N–H and O–H groups in total. The van der Waals surface area contributed by atoms with Crippen LogP contribution in [0.2, 0.25) is 0 Å². The van der Waals surface area contributed by atoms with Gasteiger partial charge in [0.2, 0.25) is 41.4 Å². The van der Waals surface area contributed by atoms with Crippen molar-refractivity contribution in [2.75, 3.05) is 39.5 Å². The first-order chi connectivity index (χ1) is 23.3. The summed E-state index contributed by atoms with van der Waals surface area (Å²) < 4.78 is 5.12. The van der Waals surface area contributed by atoms with Crippen LogP contribution in [0.25, 0.3) is 0 Å². The first kappa shape index (κ1) is 40.5. The van der Waals surface area contributed by atoms with E-state index in [-0.39, 0.29) is 80.4 Å². The van der Waals surface area contributed by atoms with Crippen LogP contribution in [0.4, 0.5) is 0 Å². The fourth-order valence-electron chi connectivity index (χ4n) is 4.81. The van der Waals surface area contributed by atoms with Crippen LogP contribution in [0.3, 0.4) is 0 Å². The molecule has 49 heavy (non-hydrogen) atoms. The van der Waals surface area contributed by atoms with Gasteiger partial charge in [-0.25, -0.2) is 0 Å². The second kappa shape index (κ2) is 21.3. The summed E-state index contributed by atoms with van der Waals surface area (Å²) in [6, 6.07) is 7.85. The Hall–Kier alpha value is -4.66. The van der Waals surface area contributed by atoms with Gasteiger partial charge in [-0.15, -0.1) is 0 Å². The smallest absolute Gasteiger partial charge is 0.243 e. The first-order valence-corrected chi connectivity index (χ1v) is 16.6. The van der Waals surface area contributed by atoms with E-state index in [2.05, 4.69) is 26.6 Å². The van der Waals surface area contributed by atoms with E-state index < -0.39 is 42.8 Å². The predicted molar refractivity (Wildman–Crippen MR) is 178 cm³/mol. The van der Waals surface area contributed by atoms with Gasteiger partial charge in [0.15, 0.2) is 5.78 Å². The number of ketones is 1. The molecule has 0 bridgehead atoms. The number of carbonyl (C=O) groups excluding carboxylic acids is 8. The maximum atomic E-state index is 12.9. The zero-order chi connectivity index (χ0) is 36.3. The van der Waals surface area contributed by atoms with Crippen LogP contribution >= 0.6 is 0 Å². The average Bonchev–Trinajstić information content (AvgIpc) is 3.35. The molecule has 0 saturated carbocycles. The van der Waals surface area contributed by atoms with Crippen molar-refractivity contribution in [2.45, 2.75) is 72.3 Å². The van der Waals surface area contributed by atoms with Crippen molar-refractivity contribution in [3.8, 4) is 0 Å². The molecule has 270 valence electrons. The Balaban J connectivity index is 1.69. The van der Waals surface area contributed by atoms with E-state index >= 15 is 0 Å². The normalized spacial score (nSPS) is 14.8. The molecule has 0 aliphatic carbocycles. The fourth-order valence-corrected chi connectivity index (χ4v) is 4.81. The average molecular weight is 687 g/mol. The lowest BCUT2D eigenvalue weighted by molar-refractivity contribution is -0.140. The molecule has 2 atom stereocenters. The van der Waals surface area contributed by atoms with Gasteiger partial charge < -0.3 is 31.3 Å². The summed E-state index contributed by atoms with van der Waals surface area (Å²) in [5.74, 6) is -3.55. The molecule has 1 fully saturated rings. The lowest BCUT2D eigenvalue weighted by atomic mass is 9.94. The zero-order valence-corrected chi connectivity index (χ0v) is 28.8. The van der Waals surface area contributed by atoms with Gasteiger partial charge in [-0.3, -0.25) is 43.3 Å². The quantitative estimate of drug-likeness (QED) is 0.0629. The molecule has 1 aliphatic rings. The summed E-state index contributed by atoms with van der Waals surface area (Å²) in [5, 5.41) is 12.4. The third-order valence-electron chi connectivity index (χ3n) is 7.88. The molecule has 1 heterocycles.